The minimum atomic E-state index is 0.235. The van der Waals surface area contributed by atoms with E-state index >= 15 is 0 Å². The van der Waals surface area contributed by atoms with Crippen molar-refractivity contribution < 1.29 is 0 Å². The maximum absolute atomic E-state index is 13.4. The minimum absolute atomic E-state index is 0.235. The lowest BCUT2D eigenvalue weighted by atomic mass is 9.89. The Hall–Kier alpha value is -1.20. The van der Waals surface area contributed by atoms with Crippen LogP contribution in [0.2, 0.25) is 0 Å². The molecule has 3 heterocycles. The van der Waals surface area contributed by atoms with Crippen LogP contribution in [-0.4, -0.2) is 34.6 Å². The molecule has 1 aliphatic carbocycles. The van der Waals surface area contributed by atoms with E-state index in [1.807, 2.05) is 0 Å². The molecule has 130 valence electrons. The Kier molecular flexibility index (Phi) is 4.25. The summed E-state index contributed by atoms with van der Waals surface area (Å²) in [6.45, 7) is 6.57. The molecular weight excluding hydrogens is 318 g/mol. The average Bonchev–Trinajstić information content (AvgIpc) is 2.93. The van der Waals surface area contributed by atoms with Crippen LogP contribution in [0, 0.1) is 5.92 Å². The summed E-state index contributed by atoms with van der Waals surface area (Å²) in [4.78, 5) is 23.1. The number of fused-ring (bicyclic) bond motifs is 3. The summed E-state index contributed by atoms with van der Waals surface area (Å²) >= 11 is 1.77. The molecule has 1 fully saturated rings. The number of piperidine rings is 1. The van der Waals surface area contributed by atoms with Gasteiger partial charge in [-0.05, 0) is 63.7 Å². The van der Waals surface area contributed by atoms with E-state index in [2.05, 4.69) is 30.4 Å². The fourth-order valence-electron chi connectivity index (χ4n) is 4.32. The molecule has 1 aliphatic heterocycles. The van der Waals surface area contributed by atoms with Gasteiger partial charge < -0.3 is 4.90 Å². The van der Waals surface area contributed by atoms with Crippen LogP contribution >= 0.6 is 11.3 Å². The summed E-state index contributed by atoms with van der Waals surface area (Å²) in [5, 5.41) is 0.943. The van der Waals surface area contributed by atoms with E-state index in [1.165, 1.54) is 16.9 Å². The van der Waals surface area contributed by atoms with Crippen molar-refractivity contribution in [2.45, 2.75) is 58.4 Å². The monoisotopic (exact) mass is 345 g/mol. The molecule has 4 nitrogen and oxygen atoms in total. The Labute approximate surface area is 147 Å². The number of aromatic nitrogens is 2. The van der Waals surface area contributed by atoms with Gasteiger partial charge in [-0.2, -0.15) is 0 Å². The van der Waals surface area contributed by atoms with Crippen LogP contribution in [0.3, 0.4) is 0 Å². The summed E-state index contributed by atoms with van der Waals surface area (Å²) in [6, 6.07) is 0.318. The highest BCUT2D eigenvalue weighted by molar-refractivity contribution is 7.18. The molecule has 0 amide bonds. The topological polar surface area (TPSA) is 38.1 Å². The van der Waals surface area contributed by atoms with Crippen molar-refractivity contribution in [3.8, 4) is 0 Å². The summed E-state index contributed by atoms with van der Waals surface area (Å²) < 4.78 is 2.06. The zero-order chi connectivity index (χ0) is 16.8. The van der Waals surface area contributed by atoms with Gasteiger partial charge in [-0.25, -0.2) is 4.98 Å². The van der Waals surface area contributed by atoms with Gasteiger partial charge in [-0.3, -0.25) is 9.36 Å². The lowest BCUT2D eigenvalue weighted by Crippen LogP contribution is -2.37. The van der Waals surface area contributed by atoms with Crippen LogP contribution in [0.25, 0.3) is 10.2 Å². The molecule has 0 bridgehead atoms. The van der Waals surface area contributed by atoms with Gasteiger partial charge in [0, 0.05) is 17.3 Å². The fourth-order valence-corrected chi connectivity index (χ4v) is 5.72. The highest BCUT2D eigenvalue weighted by Gasteiger charge is 2.27. The highest BCUT2D eigenvalue weighted by Crippen LogP contribution is 2.36. The predicted molar refractivity (Wildman–Crippen MR) is 100 cm³/mol. The number of aryl methyl sites for hydroxylation is 2. The van der Waals surface area contributed by atoms with Crippen molar-refractivity contribution in [3.05, 3.63) is 26.6 Å². The van der Waals surface area contributed by atoms with Crippen LogP contribution in [0.4, 0.5) is 0 Å². The molecule has 0 spiro atoms. The van der Waals surface area contributed by atoms with E-state index < -0.39 is 0 Å². The number of hydrogen-bond donors (Lipinski definition) is 0. The molecule has 24 heavy (non-hydrogen) atoms. The van der Waals surface area contributed by atoms with Gasteiger partial charge in [0.15, 0.2) is 0 Å². The summed E-state index contributed by atoms with van der Waals surface area (Å²) in [7, 11) is 2.16. The van der Waals surface area contributed by atoms with Gasteiger partial charge in [0.05, 0.1) is 5.39 Å². The summed E-state index contributed by atoms with van der Waals surface area (Å²) in [5.41, 5.74) is 1.55. The van der Waals surface area contributed by atoms with E-state index in [9.17, 15) is 4.79 Å². The highest BCUT2D eigenvalue weighted by atomic mass is 32.1. The van der Waals surface area contributed by atoms with Gasteiger partial charge in [-0.1, -0.05) is 13.8 Å². The second-order valence-electron chi connectivity index (χ2n) is 7.62. The third-order valence-corrected chi connectivity index (χ3v) is 6.95. The second kappa shape index (κ2) is 6.26. The molecule has 1 atom stereocenters. The van der Waals surface area contributed by atoms with Crippen LogP contribution in [-0.2, 0) is 19.3 Å². The van der Waals surface area contributed by atoms with E-state index in [0.717, 1.165) is 67.2 Å². The first-order valence-electron chi connectivity index (χ1n) is 9.32. The largest absolute Gasteiger partial charge is 0.306 e. The van der Waals surface area contributed by atoms with Crippen molar-refractivity contribution in [2.75, 3.05) is 20.1 Å². The van der Waals surface area contributed by atoms with Crippen LogP contribution in [0.5, 0.6) is 0 Å². The molecule has 2 aromatic heterocycles. The van der Waals surface area contributed by atoms with Gasteiger partial charge in [0.2, 0.25) is 0 Å². The predicted octanol–water partition coefficient (Wildman–Crippen LogP) is 3.41. The Balaban J connectivity index is 1.87. The summed E-state index contributed by atoms with van der Waals surface area (Å²) in [5.74, 6) is 1.71. The van der Waals surface area contributed by atoms with Gasteiger partial charge in [0.25, 0.3) is 5.56 Å². The Morgan fingerprint density at radius 1 is 1.25 bits per heavy atom. The van der Waals surface area contributed by atoms with Gasteiger partial charge in [0.1, 0.15) is 10.7 Å². The Morgan fingerprint density at radius 2 is 2.00 bits per heavy atom. The number of thiophene rings is 1. The van der Waals surface area contributed by atoms with E-state index in [4.69, 9.17) is 4.98 Å². The van der Waals surface area contributed by atoms with Gasteiger partial charge >= 0.3 is 0 Å². The molecule has 0 saturated carbocycles. The minimum Gasteiger partial charge on any atom is -0.306 e. The first kappa shape index (κ1) is 16.3. The fraction of sp³-hybridized carbons (Fsp3) is 0.684. The molecule has 1 saturated heterocycles. The lowest BCUT2D eigenvalue weighted by molar-refractivity contribution is 0.216. The smallest absolute Gasteiger partial charge is 0.262 e. The zero-order valence-electron chi connectivity index (χ0n) is 15.0. The zero-order valence-corrected chi connectivity index (χ0v) is 15.8. The number of rotatable bonds is 2. The molecular formula is C19H27N3OS. The molecule has 1 unspecified atom stereocenters. The van der Waals surface area contributed by atoms with E-state index in [-0.39, 0.29) is 5.56 Å². The van der Waals surface area contributed by atoms with Crippen molar-refractivity contribution in [1.29, 1.82) is 0 Å². The second-order valence-corrected chi connectivity index (χ2v) is 8.71. The molecule has 2 aromatic rings. The van der Waals surface area contributed by atoms with Crippen LogP contribution in [0.15, 0.2) is 4.79 Å². The van der Waals surface area contributed by atoms with Crippen molar-refractivity contribution in [1.82, 2.24) is 14.5 Å². The maximum Gasteiger partial charge on any atom is 0.262 e. The average molecular weight is 346 g/mol. The number of hydrogen-bond acceptors (Lipinski definition) is 4. The molecule has 2 aliphatic rings. The van der Waals surface area contributed by atoms with Gasteiger partial charge in [-0.15, -0.1) is 11.3 Å². The van der Waals surface area contributed by atoms with Crippen LogP contribution < -0.4 is 5.56 Å². The summed E-state index contributed by atoms with van der Waals surface area (Å²) in [6.07, 6.45) is 6.30. The lowest BCUT2D eigenvalue weighted by Gasteiger charge is -2.31. The Bertz CT molecular complexity index is 814. The van der Waals surface area contributed by atoms with Crippen LogP contribution in [0.1, 0.15) is 55.4 Å². The quantitative estimate of drug-likeness (QED) is 0.837. The molecule has 5 heteroatoms. The standard InChI is InChI=1S/C19H27N3OS/c1-4-16-20-18-17(14-6-5-12(2)11-15(14)24-18)19(23)22(16)13-7-9-21(3)10-8-13/h12-13H,4-11H2,1-3H3. The first-order valence-corrected chi connectivity index (χ1v) is 10.1. The maximum atomic E-state index is 13.4. The third-order valence-electron chi connectivity index (χ3n) is 5.80. The van der Waals surface area contributed by atoms with Crippen molar-refractivity contribution >= 4 is 21.6 Å². The first-order chi connectivity index (χ1) is 11.6. The Morgan fingerprint density at radius 3 is 2.71 bits per heavy atom. The molecule has 0 aromatic carbocycles. The molecule has 0 N–H and O–H groups in total. The SMILES string of the molecule is CCc1nc2sc3c(c2c(=O)n1C1CCN(C)CC1)CCC(C)C3. The van der Waals surface area contributed by atoms with E-state index in [1.54, 1.807) is 11.3 Å². The van der Waals surface area contributed by atoms with Crippen molar-refractivity contribution in [3.63, 3.8) is 0 Å². The number of nitrogens with zero attached hydrogens (tertiary/aromatic N) is 3. The normalized spacial score (nSPS) is 22.9. The number of likely N-dealkylation sites (tertiary alicyclic amines) is 1. The molecule has 4 rings (SSSR count). The van der Waals surface area contributed by atoms with Crippen molar-refractivity contribution in [2.24, 2.45) is 5.92 Å². The van der Waals surface area contributed by atoms with E-state index in [0.29, 0.717) is 6.04 Å². The third kappa shape index (κ3) is 2.62. The molecule has 0 radical (unpaired) electrons.